The van der Waals surface area contributed by atoms with Crippen molar-refractivity contribution in [3.63, 3.8) is 0 Å². The number of hydrogen-bond donors (Lipinski definition) is 1. The van der Waals surface area contributed by atoms with Crippen LogP contribution in [-0.2, 0) is 15.8 Å². The number of hydrogen-bond acceptors (Lipinski definition) is 2. The van der Waals surface area contributed by atoms with Crippen LogP contribution in [0.4, 0.5) is 4.79 Å². The van der Waals surface area contributed by atoms with Gasteiger partial charge < -0.3 is 4.74 Å². The average Bonchev–Trinajstić information content (AvgIpc) is 2.52. The largest absolute Gasteiger partial charge is 0.450 e. The van der Waals surface area contributed by atoms with Crippen molar-refractivity contribution in [2.75, 3.05) is 6.26 Å². The summed E-state index contributed by atoms with van der Waals surface area (Å²) < 4.78 is 7.27. The normalized spacial score (nSPS) is 13.9. The molecule has 8 heteroatoms. The Bertz CT molecular complexity index is 697. The number of rotatable bonds is 4. The van der Waals surface area contributed by atoms with Gasteiger partial charge in [0.25, 0.3) is 0 Å². The maximum absolute atomic E-state index is 12.3. The van der Waals surface area contributed by atoms with Gasteiger partial charge in [-0.15, -0.1) is 4.72 Å². The summed E-state index contributed by atoms with van der Waals surface area (Å²) in [6.07, 6.45) is 0.200. The molecule has 0 aliphatic carbocycles. The highest BCUT2D eigenvalue weighted by Gasteiger charge is 2.38. The summed E-state index contributed by atoms with van der Waals surface area (Å²) in [5.74, 6) is 0. The molecule has 0 saturated carbocycles. The van der Waals surface area contributed by atoms with E-state index in [0.29, 0.717) is 5.56 Å². The van der Waals surface area contributed by atoms with Crippen molar-refractivity contribution in [1.29, 1.82) is 0 Å². The first-order chi connectivity index (χ1) is 11.3. The minimum atomic E-state index is -1.78. The lowest BCUT2D eigenvalue weighted by molar-refractivity contribution is 0.105. The Morgan fingerprint density at radius 3 is 2.29 bits per heavy atom. The lowest BCUT2D eigenvalue weighted by Gasteiger charge is -2.24. The standard InChI is InChI=1S/C16H13BrCl3NO2S/c1-24(13-10-6-5-9-12(13)17)21-15(22)23-14(16(18,19)20)11-7-3-2-4-8-11/h2-10,14H,1H3/p+1/t14-,24?/m0/s1. The predicted molar refractivity (Wildman–Crippen MR) is 105 cm³/mol. The molecule has 2 atom stereocenters. The second-order valence-electron chi connectivity index (χ2n) is 4.78. The zero-order chi connectivity index (χ0) is 17.7. The molecule has 2 aromatic carbocycles. The van der Waals surface area contributed by atoms with E-state index in [1.165, 1.54) is 0 Å². The van der Waals surface area contributed by atoms with Gasteiger partial charge in [-0.2, -0.15) is 0 Å². The third-order valence-corrected chi connectivity index (χ3v) is 6.06. The first kappa shape index (κ1) is 19.7. The summed E-state index contributed by atoms with van der Waals surface area (Å²) in [4.78, 5) is 13.2. The Balaban J connectivity index is 2.10. The molecule has 0 aliphatic heterocycles. The average molecular weight is 471 g/mol. The molecule has 0 aromatic heterocycles. The third-order valence-electron chi connectivity index (χ3n) is 3.03. The second kappa shape index (κ2) is 8.68. The van der Waals surface area contributed by atoms with Crippen LogP contribution >= 0.6 is 50.7 Å². The van der Waals surface area contributed by atoms with E-state index in [0.717, 1.165) is 9.37 Å². The van der Waals surface area contributed by atoms with Gasteiger partial charge in [-0.25, -0.2) is 4.79 Å². The molecule has 0 fully saturated rings. The summed E-state index contributed by atoms with van der Waals surface area (Å²) in [6, 6.07) is 16.5. The van der Waals surface area contributed by atoms with Crippen LogP contribution in [0.1, 0.15) is 11.7 Å². The Kier molecular flexibility index (Phi) is 7.13. The molecule has 1 amide bonds. The summed E-state index contributed by atoms with van der Waals surface area (Å²) in [5, 5.41) is 0. The highest BCUT2D eigenvalue weighted by Crippen LogP contribution is 2.42. The highest BCUT2D eigenvalue weighted by atomic mass is 79.9. The number of carbonyl (C=O) groups excluding carboxylic acids is 1. The van der Waals surface area contributed by atoms with Crippen LogP contribution in [0.5, 0.6) is 0 Å². The van der Waals surface area contributed by atoms with E-state index in [9.17, 15) is 4.79 Å². The van der Waals surface area contributed by atoms with E-state index in [2.05, 4.69) is 20.7 Å². The zero-order valence-electron chi connectivity index (χ0n) is 12.5. The molecule has 2 aromatic rings. The van der Waals surface area contributed by atoms with E-state index in [-0.39, 0.29) is 0 Å². The summed E-state index contributed by atoms with van der Waals surface area (Å²) in [5.41, 5.74) is 0.601. The van der Waals surface area contributed by atoms with Gasteiger partial charge >= 0.3 is 6.09 Å². The smallest absolute Gasteiger partial charge is 0.434 e. The second-order valence-corrected chi connectivity index (χ2v) is 9.67. The molecule has 0 bridgehead atoms. The molecular formula is C16H14BrCl3NO2S+. The van der Waals surface area contributed by atoms with Gasteiger partial charge in [0.1, 0.15) is 17.3 Å². The van der Waals surface area contributed by atoms with E-state index in [1.54, 1.807) is 24.3 Å². The molecule has 128 valence electrons. The van der Waals surface area contributed by atoms with Crippen LogP contribution in [0, 0.1) is 0 Å². The van der Waals surface area contributed by atoms with Crippen molar-refractivity contribution >= 4 is 67.9 Å². The number of nitrogens with one attached hydrogen (secondary N) is 1. The summed E-state index contributed by atoms with van der Waals surface area (Å²) in [6.45, 7) is 0. The van der Waals surface area contributed by atoms with Crippen molar-refractivity contribution in [1.82, 2.24) is 4.72 Å². The minimum absolute atomic E-state index is 0.575. The van der Waals surface area contributed by atoms with Crippen LogP contribution in [0.25, 0.3) is 0 Å². The molecule has 2 rings (SSSR count). The topological polar surface area (TPSA) is 38.3 Å². The maximum atomic E-state index is 12.3. The fourth-order valence-corrected chi connectivity index (χ4v) is 4.53. The Morgan fingerprint density at radius 1 is 1.12 bits per heavy atom. The van der Waals surface area contributed by atoms with Gasteiger partial charge in [0.15, 0.2) is 11.0 Å². The number of benzene rings is 2. The first-order valence-electron chi connectivity index (χ1n) is 6.78. The Morgan fingerprint density at radius 2 is 1.71 bits per heavy atom. The van der Waals surface area contributed by atoms with Crippen molar-refractivity contribution in [2.24, 2.45) is 0 Å². The maximum Gasteiger partial charge on any atom is 0.450 e. The van der Waals surface area contributed by atoms with Crippen LogP contribution < -0.4 is 4.72 Å². The van der Waals surface area contributed by atoms with Crippen molar-refractivity contribution < 1.29 is 9.53 Å². The lowest BCUT2D eigenvalue weighted by atomic mass is 10.1. The molecule has 0 radical (unpaired) electrons. The number of amides is 1. The quantitative estimate of drug-likeness (QED) is 0.452. The van der Waals surface area contributed by atoms with Crippen molar-refractivity contribution in [3.8, 4) is 0 Å². The molecular weight excluding hydrogens is 457 g/mol. The molecule has 0 spiro atoms. The van der Waals surface area contributed by atoms with Gasteiger partial charge in [-0.1, -0.05) is 77.3 Å². The minimum Gasteiger partial charge on any atom is -0.434 e. The molecule has 0 aliphatic rings. The summed E-state index contributed by atoms with van der Waals surface area (Å²) >= 11 is 20.8. The predicted octanol–water partition coefficient (Wildman–Crippen LogP) is 5.81. The third kappa shape index (κ3) is 5.46. The molecule has 24 heavy (non-hydrogen) atoms. The van der Waals surface area contributed by atoms with Crippen LogP contribution in [0.2, 0.25) is 0 Å². The first-order valence-corrected chi connectivity index (χ1v) is 10.3. The number of ether oxygens (including phenoxy) is 1. The number of carbonyl (C=O) groups is 1. The monoisotopic (exact) mass is 468 g/mol. The summed E-state index contributed by atoms with van der Waals surface area (Å²) in [7, 11) is 0. The Hall–Kier alpha value is -0.590. The van der Waals surface area contributed by atoms with E-state index < -0.39 is 27.1 Å². The van der Waals surface area contributed by atoms with Crippen molar-refractivity contribution in [3.05, 3.63) is 64.6 Å². The van der Waals surface area contributed by atoms with Crippen LogP contribution in [0.15, 0.2) is 64.0 Å². The Labute approximate surface area is 167 Å². The molecule has 0 heterocycles. The van der Waals surface area contributed by atoms with Gasteiger partial charge in [0, 0.05) is 0 Å². The molecule has 1 N–H and O–H groups in total. The highest BCUT2D eigenvalue weighted by molar-refractivity contribution is 9.10. The SMILES string of the molecule is C[S+](NC(=O)O[C@@H](c1ccccc1)C(Cl)(Cl)Cl)c1ccccc1Br. The van der Waals surface area contributed by atoms with E-state index in [1.807, 2.05) is 36.6 Å². The fourth-order valence-electron chi connectivity index (χ4n) is 1.96. The van der Waals surface area contributed by atoms with Crippen molar-refractivity contribution in [2.45, 2.75) is 14.8 Å². The number of alkyl halides is 3. The van der Waals surface area contributed by atoms with Gasteiger partial charge in [-0.05, 0) is 33.6 Å². The number of halogens is 4. The van der Waals surface area contributed by atoms with Crippen LogP contribution in [-0.4, -0.2) is 16.1 Å². The van der Waals surface area contributed by atoms with E-state index >= 15 is 0 Å². The van der Waals surface area contributed by atoms with Gasteiger partial charge in [0.2, 0.25) is 3.79 Å². The molecule has 0 saturated heterocycles. The van der Waals surface area contributed by atoms with Crippen LogP contribution in [0.3, 0.4) is 0 Å². The van der Waals surface area contributed by atoms with E-state index in [4.69, 9.17) is 39.5 Å². The lowest BCUT2D eigenvalue weighted by Crippen LogP contribution is -2.34. The fraction of sp³-hybridized carbons (Fsp3) is 0.188. The molecule has 1 unspecified atom stereocenters. The molecule has 3 nitrogen and oxygen atoms in total. The van der Waals surface area contributed by atoms with Gasteiger partial charge in [-0.3, -0.25) is 0 Å². The van der Waals surface area contributed by atoms with Gasteiger partial charge in [0.05, 0.1) is 4.47 Å². The zero-order valence-corrected chi connectivity index (χ0v) is 17.2.